The summed E-state index contributed by atoms with van der Waals surface area (Å²) in [6, 6.07) is 0. The van der Waals surface area contributed by atoms with Crippen molar-refractivity contribution in [2.45, 2.75) is 51.1 Å². The van der Waals surface area contributed by atoms with Crippen LogP contribution in [0.4, 0.5) is 0 Å². The molecule has 0 bridgehead atoms. The molecule has 6 heteroatoms. The molecule has 1 aliphatic rings. The van der Waals surface area contributed by atoms with Crippen LogP contribution < -0.4 is 0 Å². The Kier molecular flexibility index (Phi) is 6.01. The number of hydrogen-bond donors (Lipinski definition) is 2. The van der Waals surface area contributed by atoms with Gasteiger partial charge in [0.15, 0.2) is 5.79 Å². The van der Waals surface area contributed by atoms with Crippen LogP contribution in [0.5, 0.6) is 0 Å². The number of carbonyl (C=O) groups excluding carboxylic acids is 1. The first-order chi connectivity index (χ1) is 8.43. The number of esters is 1. The van der Waals surface area contributed by atoms with Crippen LogP contribution in [0.25, 0.3) is 0 Å². The molecular weight excluding hydrogens is 240 g/mol. The van der Waals surface area contributed by atoms with Gasteiger partial charge in [0, 0.05) is 12.8 Å². The van der Waals surface area contributed by atoms with Gasteiger partial charge in [0.25, 0.3) is 0 Å². The Bertz CT molecular complexity index is 265. The Hall–Kier alpha value is -0.690. The third kappa shape index (κ3) is 5.77. The summed E-state index contributed by atoms with van der Waals surface area (Å²) < 4.78 is 15.3. The molecule has 0 aromatic carbocycles. The van der Waals surface area contributed by atoms with Crippen molar-refractivity contribution >= 4 is 5.97 Å². The van der Waals surface area contributed by atoms with Gasteiger partial charge < -0.3 is 24.4 Å². The zero-order valence-corrected chi connectivity index (χ0v) is 10.9. The van der Waals surface area contributed by atoms with E-state index in [1.165, 1.54) is 6.92 Å². The molecule has 2 N–H and O–H groups in total. The third-order valence-electron chi connectivity index (χ3n) is 2.74. The van der Waals surface area contributed by atoms with Crippen LogP contribution in [0.15, 0.2) is 0 Å². The van der Waals surface area contributed by atoms with Crippen LogP contribution in [0, 0.1) is 0 Å². The Morgan fingerprint density at radius 1 is 1.56 bits per heavy atom. The van der Waals surface area contributed by atoms with Gasteiger partial charge in [-0.15, -0.1) is 0 Å². The minimum Gasteiger partial charge on any atom is -0.466 e. The van der Waals surface area contributed by atoms with E-state index in [-0.39, 0.29) is 31.5 Å². The topological polar surface area (TPSA) is 85.2 Å². The molecule has 106 valence electrons. The lowest BCUT2D eigenvalue weighted by Crippen LogP contribution is -2.33. The first-order valence-electron chi connectivity index (χ1n) is 6.24. The highest BCUT2D eigenvalue weighted by Crippen LogP contribution is 2.19. The van der Waals surface area contributed by atoms with Crippen molar-refractivity contribution in [2.75, 3.05) is 19.8 Å². The number of carbonyl (C=O) groups is 1. The van der Waals surface area contributed by atoms with Crippen molar-refractivity contribution in [3.63, 3.8) is 0 Å². The Labute approximate surface area is 107 Å². The van der Waals surface area contributed by atoms with Crippen molar-refractivity contribution in [3.8, 4) is 0 Å². The highest BCUT2D eigenvalue weighted by atomic mass is 16.6. The number of aliphatic hydroxyl groups is 2. The molecule has 0 spiro atoms. The van der Waals surface area contributed by atoms with E-state index < -0.39 is 11.9 Å². The highest BCUT2D eigenvalue weighted by molar-refractivity contribution is 5.69. The van der Waals surface area contributed by atoms with Gasteiger partial charge in [-0.25, -0.2) is 0 Å². The highest BCUT2D eigenvalue weighted by Gasteiger charge is 2.28. The molecule has 1 aliphatic heterocycles. The van der Waals surface area contributed by atoms with Gasteiger partial charge in [0.1, 0.15) is 0 Å². The number of hydrogen-bond acceptors (Lipinski definition) is 6. The summed E-state index contributed by atoms with van der Waals surface area (Å²) in [5.41, 5.74) is 0. The molecule has 18 heavy (non-hydrogen) atoms. The fourth-order valence-corrected chi connectivity index (χ4v) is 1.71. The maximum absolute atomic E-state index is 11.1. The summed E-state index contributed by atoms with van der Waals surface area (Å²) >= 11 is 0. The molecule has 1 rings (SSSR count). The predicted octanol–water partition coefficient (Wildman–Crippen LogP) is 0.205. The predicted molar refractivity (Wildman–Crippen MR) is 62.8 cm³/mol. The SMILES string of the molecule is CCOC(=O)CCC(C)(O)OC[C@H]1CC(O)CO1. The average Bonchev–Trinajstić information content (AvgIpc) is 2.71. The lowest BCUT2D eigenvalue weighted by molar-refractivity contribution is -0.209. The second-order valence-corrected chi connectivity index (χ2v) is 4.64. The molecule has 0 aromatic heterocycles. The van der Waals surface area contributed by atoms with Crippen LogP contribution in [-0.4, -0.2) is 54.0 Å². The van der Waals surface area contributed by atoms with Gasteiger partial charge >= 0.3 is 5.97 Å². The minimum absolute atomic E-state index is 0.106. The quantitative estimate of drug-likeness (QED) is 0.504. The molecule has 0 radical (unpaired) electrons. The van der Waals surface area contributed by atoms with Crippen molar-refractivity contribution in [2.24, 2.45) is 0 Å². The molecule has 0 saturated carbocycles. The Morgan fingerprint density at radius 2 is 2.28 bits per heavy atom. The standard InChI is InChI=1S/C12H22O6/c1-3-16-11(14)4-5-12(2,15)18-8-10-6-9(13)7-17-10/h9-10,13,15H,3-8H2,1-2H3/t9?,10-,12?/m1/s1. The summed E-state index contributed by atoms with van der Waals surface area (Å²) in [6.45, 7) is 4.06. The van der Waals surface area contributed by atoms with E-state index in [4.69, 9.17) is 14.2 Å². The lowest BCUT2D eigenvalue weighted by atomic mass is 10.1. The normalized spacial score (nSPS) is 26.9. The molecule has 0 amide bonds. The molecule has 1 heterocycles. The Morgan fingerprint density at radius 3 is 2.83 bits per heavy atom. The van der Waals surface area contributed by atoms with Crippen molar-refractivity contribution < 1.29 is 29.2 Å². The van der Waals surface area contributed by atoms with Crippen molar-refractivity contribution in [1.82, 2.24) is 0 Å². The monoisotopic (exact) mass is 262 g/mol. The molecular formula is C12H22O6. The van der Waals surface area contributed by atoms with Crippen LogP contribution in [-0.2, 0) is 19.0 Å². The second kappa shape index (κ2) is 7.04. The fourth-order valence-electron chi connectivity index (χ4n) is 1.71. The number of rotatable bonds is 7. The molecule has 0 aliphatic carbocycles. The largest absolute Gasteiger partial charge is 0.466 e. The summed E-state index contributed by atoms with van der Waals surface area (Å²) in [5.74, 6) is -1.74. The van der Waals surface area contributed by atoms with Crippen molar-refractivity contribution in [3.05, 3.63) is 0 Å². The lowest BCUT2D eigenvalue weighted by Gasteiger charge is -2.25. The average molecular weight is 262 g/mol. The maximum Gasteiger partial charge on any atom is 0.305 e. The van der Waals surface area contributed by atoms with Gasteiger partial charge in [-0.3, -0.25) is 4.79 Å². The summed E-state index contributed by atoms with van der Waals surface area (Å²) in [6.07, 6.45) is 0.126. The fraction of sp³-hybridized carbons (Fsp3) is 0.917. The zero-order valence-electron chi connectivity index (χ0n) is 10.9. The molecule has 1 fully saturated rings. The van der Waals surface area contributed by atoms with Gasteiger partial charge in [-0.05, 0) is 13.8 Å². The van der Waals surface area contributed by atoms with E-state index in [0.29, 0.717) is 19.6 Å². The van der Waals surface area contributed by atoms with E-state index in [9.17, 15) is 15.0 Å². The first-order valence-corrected chi connectivity index (χ1v) is 6.24. The van der Waals surface area contributed by atoms with Crippen LogP contribution in [0.3, 0.4) is 0 Å². The van der Waals surface area contributed by atoms with Crippen molar-refractivity contribution in [1.29, 1.82) is 0 Å². The summed E-state index contributed by atoms with van der Waals surface area (Å²) in [7, 11) is 0. The maximum atomic E-state index is 11.1. The second-order valence-electron chi connectivity index (χ2n) is 4.64. The smallest absolute Gasteiger partial charge is 0.305 e. The summed E-state index contributed by atoms with van der Waals surface area (Å²) in [4.78, 5) is 11.1. The van der Waals surface area contributed by atoms with Gasteiger partial charge in [0.05, 0.1) is 38.4 Å². The third-order valence-corrected chi connectivity index (χ3v) is 2.74. The van der Waals surface area contributed by atoms with Gasteiger partial charge in [0.2, 0.25) is 0 Å². The van der Waals surface area contributed by atoms with Gasteiger partial charge in [-0.2, -0.15) is 0 Å². The van der Waals surface area contributed by atoms with Crippen LogP contribution in [0.1, 0.15) is 33.1 Å². The van der Waals surface area contributed by atoms with Gasteiger partial charge in [-0.1, -0.05) is 0 Å². The van der Waals surface area contributed by atoms with E-state index in [1.54, 1.807) is 6.92 Å². The number of aliphatic hydroxyl groups excluding tert-OH is 1. The zero-order chi connectivity index (χ0) is 13.6. The molecule has 0 aromatic rings. The molecule has 6 nitrogen and oxygen atoms in total. The first kappa shape index (κ1) is 15.4. The van der Waals surface area contributed by atoms with Crippen LogP contribution >= 0.6 is 0 Å². The Balaban J connectivity index is 2.20. The summed E-state index contributed by atoms with van der Waals surface area (Å²) in [5, 5.41) is 19.2. The minimum atomic E-state index is -1.39. The number of ether oxygens (including phenoxy) is 3. The van der Waals surface area contributed by atoms with E-state index >= 15 is 0 Å². The molecule has 2 unspecified atom stereocenters. The van der Waals surface area contributed by atoms with E-state index in [0.717, 1.165) is 0 Å². The molecule has 1 saturated heterocycles. The van der Waals surface area contributed by atoms with E-state index in [1.807, 2.05) is 0 Å². The van der Waals surface area contributed by atoms with E-state index in [2.05, 4.69) is 0 Å². The molecule has 3 atom stereocenters. The van der Waals surface area contributed by atoms with Crippen LogP contribution in [0.2, 0.25) is 0 Å².